The molecule has 0 aliphatic heterocycles. The van der Waals surface area contributed by atoms with Crippen LogP contribution in [0.5, 0.6) is 0 Å². The summed E-state index contributed by atoms with van der Waals surface area (Å²) in [7, 11) is -4.08. The molecule has 0 fully saturated rings. The number of esters is 1. The van der Waals surface area contributed by atoms with Crippen LogP contribution in [-0.2, 0) is 19.6 Å². The van der Waals surface area contributed by atoms with Crippen LogP contribution in [0.4, 0.5) is 0 Å². The van der Waals surface area contributed by atoms with Crippen molar-refractivity contribution in [2.75, 3.05) is 6.61 Å². The quantitative estimate of drug-likeness (QED) is 0.390. The van der Waals surface area contributed by atoms with Gasteiger partial charge in [-0.3, -0.25) is 9.35 Å². The maximum absolute atomic E-state index is 10.5. The van der Waals surface area contributed by atoms with Crippen molar-refractivity contribution in [1.82, 2.24) is 0 Å². The van der Waals surface area contributed by atoms with Gasteiger partial charge in [-0.2, -0.15) is 8.42 Å². The van der Waals surface area contributed by atoms with Gasteiger partial charge in [0, 0.05) is 25.3 Å². The predicted octanol–water partition coefficient (Wildman–Crippen LogP) is -0.165. The van der Waals surface area contributed by atoms with E-state index in [4.69, 9.17) is 4.55 Å². The first-order valence-electron chi connectivity index (χ1n) is 3.49. The van der Waals surface area contributed by atoms with Crippen molar-refractivity contribution in [2.24, 2.45) is 0 Å². The SMILES string of the molecule is CCC(=O)OCC(C)S(=O)(=O)O.[Li]. The first-order valence-corrected chi connectivity index (χ1v) is 5.00. The van der Waals surface area contributed by atoms with E-state index >= 15 is 0 Å². The van der Waals surface area contributed by atoms with Crippen LogP contribution < -0.4 is 0 Å². The maximum atomic E-state index is 10.5. The molecule has 7 heteroatoms. The average molecular weight is 203 g/mol. The maximum Gasteiger partial charge on any atom is 0.305 e. The molecule has 1 unspecified atom stereocenters. The summed E-state index contributed by atoms with van der Waals surface area (Å²) < 4.78 is 33.7. The Morgan fingerprint density at radius 3 is 2.31 bits per heavy atom. The van der Waals surface area contributed by atoms with E-state index in [9.17, 15) is 13.2 Å². The molecule has 0 heterocycles. The minimum Gasteiger partial charge on any atom is -0.464 e. The Balaban J connectivity index is 0. The molecule has 0 amide bonds. The Labute approximate surface area is 89.8 Å². The minimum atomic E-state index is -4.08. The third-order valence-corrected chi connectivity index (χ3v) is 2.43. The molecule has 73 valence electrons. The fourth-order valence-corrected chi connectivity index (χ4v) is 0.638. The van der Waals surface area contributed by atoms with E-state index in [0.29, 0.717) is 0 Å². The van der Waals surface area contributed by atoms with Crippen molar-refractivity contribution in [2.45, 2.75) is 25.5 Å². The van der Waals surface area contributed by atoms with Crippen LogP contribution >= 0.6 is 0 Å². The van der Waals surface area contributed by atoms with Crippen LogP contribution in [0.25, 0.3) is 0 Å². The van der Waals surface area contributed by atoms with Gasteiger partial charge in [-0.05, 0) is 6.92 Å². The number of ether oxygens (including phenoxy) is 1. The largest absolute Gasteiger partial charge is 0.464 e. The molecule has 5 nitrogen and oxygen atoms in total. The van der Waals surface area contributed by atoms with Crippen LogP contribution in [0.3, 0.4) is 0 Å². The first-order chi connectivity index (χ1) is 5.38. The molecule has 0 saturated carbocycles. The van der Waals surface area contributed by atoms with Crippen LogP contribution in [0.15, 0.2) is 0 Å². The van der Waals surface area contributed by atoms with E-state index in [1.807, 2.05) is 0 Å². The molecule has 1 radical (unpaired) electrons. The summed E-state index contributed by atoms with van der Waals surface area (Å²) in [5.74, 6) is -0.481. The molecule has 0 saturated heterocycles. The number of carbonyl (C=O) groups is 1. The Hall–Kier alpha value is -0.0226. The smallest absolute Gasteiger partial charge is 0.305 e. The molecule has 0 aromatic heterocycles. The van der Waals surface area contributed by atoms with Gasteiger partial charge in [0.05, 0.1) is 0 Å². The molecular weight excluding hydrogens is 191 g/mol. The van der Waals surface area contributed by atoms with Gasteiger partial charge in [-0.1, -0.05) is 6.92 Å². The van der Waals surface area contributed by atoms with Gasteiger partial charge < -0.3 is 4.74 Å². The molecule has 0 spiro atoms. The fraction of sp³-hybridized carbons (Fsp3) is 0.833. The topological polar surface area (TPSA) is 80.7 Å². The van der Waals surface area contributed by atoms with Gasteiger partial charge in [-0.15, -0.1) is 0 Å². The van der Waals surface area contributed by atoms with E-state index in [2.05, 4.69) is 4.74 Å². The molecule has 0 aliphatic carbocycles. The first kappa shape index (κ1) is 15.4. The average Bonchev–Trinajstić information content (AvgIpc) is 1.97. The molecular formula is C6H12LiO5S. The van der Waals surface area contributed by atoms with Crippen molar-refractivity contribution in [3.05, 3.63) is 0 Å². The molecule has 0 rings (SSSR count). The Morgan fingerprint density at radius 1 is 1.54 bits per heavy atom. The standard InChI is InChI=1S/C6H12O5S.Li/c1-3-6(7)11-4-5(2)12(8,9)10;/h5H,3-4H2,1-2H3,(H,8,9,10);. The predicted molar refractivity (Wildman–Crippen MR) is 48.0 cm³/mol. The van der Waals surface area contributed by atoms with E-state index < -0.39 is 21.3 Å². The van der Waals surface area contributed by atoms with Crippen molar-refractivity contribution in [3.63, 3.8) is 0 Å². The summed E-state index contributed by atoms with van der Waals surface area (Å²) in [5.41, 5.74) is 0. The summed E-state index contributed by atoms with van der Waals surface area (Å²) >= 11 is 0. The second kappa shape index (κ2) is 6.43. The van der Waals surface area contributed by atoms with E-state index in [1.165, 1.54) is 6.92 Å². The summed E-state index contributed by atoms with van der Waals surface area (Å²) in [6.07, 6.45) is 0.193. The normalized spacial score (nSPS) is 12.8. The summed E-state index contributed by atoms with van der Waals surface area (Å²) in [6, 6.07) is 0. The Bertz CT molecular complexity index is 248. The zero-order chi connectivity index (χ0) is 9.78. The van der Waals surface area contributed by atoms with Crippen molar-refractivity contribution < 1.29 is 22.5 Å². The summed E-state index contributed by atoms with van der Waals surface area (Å²) in [6.45, 7) is 2.56. The van der Waals surface area contributed by atoms with Gasteiger partial charge in [0.2, 0.25) is 0 Å². The van der Waals surface area contributed by atoms with E-state index in [-0.39, 0.29) is 31.9 Å². The van der Waals surface area contributed by atoms with Crippen molar-refractivity contribution in [3.8, 4) is 0 Å². The van der Waals surface area contributed by atoms with Gasteiger partial charge in [0.15, 0.2) is 0 Å². The number of hydrogen-bond acceptors (Lipinski definition) is 4. The Kier molecular flexibility index (Phi) is 7.65. The second-order valence-electron chi connectivity index (χ2n) is 2.36. The molecule has 1 N–H and O–H groups in total. The summed E-state index contributed by atoms with van der Waals surface area (Å²) in [4.78, 5) is 10.5. The fourth-order valence-electron chi connectivity index (χ4n) is 0.398. The Morgan fingerprint density at radius 2 is 2.00 bits per heavy atom. The molecule has 0 aliphatic rings. The number of rotatable bonds is 4. The minimum absolute atomic E-state index is 0. The van der Waals surface area contributed by atoms with E-state index in [1.54, 1.807) is 6.92 Å². The monoisotopic (exact) mass is 203 g/mol. The van der Waals surface area contributed by atoms with Gasteiger partial charge >= 0.3 is 5.97 Å². The zero-order valence-electron chi connectivity index (χ0n) is 7.98. The molecule has 0 aromatic rings. The molecule has 1 atom stereocenters. The van der Waals surface area contributed by atoms with Crippen molar-refractivity contribution >= 4 is 34.9 Å². The number of hydrogen-bond donors (Lipinski definition) is 1. The van der Waals surface area contributed by atoms with Crippen LogP contribution in [0.2, 0.25) is 0 Å². The van der Waals surface area contributed by atoms with Crippen LogP contribution in [-0.4, -0.2) is 49.7 Å². The third-order valence-electron chi connectivity index (χ3n) is 1.28. The summed E-state index contributed by atoms with van der Waals surface area (Å²) in [5, 5.41) is -1.06. The second-order valence-corrected chi connectivity index (χ2v) is 4.20. The van der Waals surface area contributed by atoms with Crippen LogP contribution in [0.1, 0.15) is 20.3 Å². The van der Waals surface area contributed by atoms with Gasteiger partial charge in [0.25, 0.3) is 10.1 Å². The van der Waals surface area contributed by atoms with Crippen molar-refractivity contribution in [1.29, 1.82) is 0 Å². The number of carbonyl (C=O) groups excluding carboxylic acids is 1. The van der Waals surface area contributed by atoms with E-state index in [0.717, 1.165) is 0 Å². The molecule has 0 aromatic carbocycles. The third kappa shape index (κ3) is 7.08. The molecule has 13 heavy (non-hydrogen) atoms. The molecule has 0 bridgehead atoms. The van der Waals surface area contributed by atoms with Gasteiger partial charge in [0.1, 0.15) is 11.9 Å². The van der Waals surface area contributed by atoms with Gasteiger partial charge in [-0.25, -0.2) is 0 Å². The van der Waals surface area contributed by atoms with Crippen LogP contribution in [0, 0.1) is 0 Å². The zero-order valence-corrected chi connectivity index (χ0v) is 8.80.